The molecule has 1 atom stereocenters. The highest BCUT2D eigenvalue weighted by atomic mass is 16.5. The number of likely N-dealkylation sites (tertiary alicyclic amines) is 1. The van der Waals surface area contributed by atoms with Gasteiger partial charge in [-0.1, -0.05) is 37.3 Å². The van der Waals surface area contributed by atoms with Gasteiger partial charge in [-0.3, -0.25) is 9.69 Å². The van der Waals surface area contributed by atoms with Crippen LogP contribution in [0.1, 0.15) is 41.9 Å². The zero-order valence-electron chi connectivity index (χ0n) is 14.6. The maximum absolute atomic E-state index is 12.4. The lowest BCUT2D eigenvalue weighted by Crippen LogP contribution is -2.44. The van der Waals surface area contributed by atoms with Gasteiger partial charge in [-0.15, -0.1) is 0 Å². The molecule has 1 aliphatic rings. The number of carbonyl (C=O) groups excluding carboxylic acids is 1. The van der Waals surface area contributed by atoms with Crippen LogP contribution >= 0.6 is 0 Å². The molecule has 1 aromatic heterocycles. The van der Waals surface area contributed by atoms with Crippen LogP contribution in [0.3, 0.4) is 0 Å². The summed E-state index contributed by atoms with van der Waals surface area (Å²) in [6.07, 6.45) is 3.70. The zero-order chi connectivity index (χ0) is 17.6. The Labute approximate surface area is 148 Å². The Hall–Kier alpha value is -2.40. The summed E-state index contributed by atoms with van der Waals surface area (Å²) >= 11 is 0. The summed E-state index contributed by atoms with van der Waals surface area (Å²) in [6.45, 7) is 4.85. The Bertz CT molecular complexity index is 697. The molecule has 5 nitrogen and oxygen atoms in total. The average molecular weight is 339 g/mol. The summed E-state index contributed by atoms with van der Waals surface area (Å²) < 4.78 is 0.607. The number of nitrogens with zero attached hydrogens (tertiary/aromatic N) is 2. The summed E-state index contributed by atoms with van der Waals surface area (Å²) in [6, 6.07) is 15.2. The molecule has 5 heteroatoms. The highest BCUT2D eigenvalue weighted by Gasteiger charge is 2.26. The van der Waals surface area contributed by atoms with Crippen LogP contribution in [-0.4, -0.2) is 30.4 Å². The number of amides is 1. The molecule has 1 aromatic carbocycles. The molecule has 25 heavy (non-hydrogen) atoms. The lowest BCUT2D eigenvalue weighted by molar-refractivity contribution is -0.607. The van der Waals surface area contributed by atoms with E-state index in [4.69, 9.17) is 0 Å². The van der Waals surface area contributed by atoms with E-state index in [0.717, 1.165) is 19.0 Å². The molecule has 1 amide bonds. The number of pyridine rings is 1. The zero-order valence-corrected chi connectivity index (χ0v) is 14.6. The predicted molar refractivity (Wildman–Crippen MR) is 96.9 cm³/mol. The Balaban J connectivity index is 1.72. The van der Waals surface area contributed by atoms with Gasteiger partial charge in [0.05, 0.1) is 6.04 Å². The summed E-state index contributed by atoms with van der Waals surface area (Å²) in [5, 5.41) is 14.7. The number of nitrogens with one attached hydrogen (secondary N) is 1. The van der Waals surface area contributed by atoms with E-state index in [1.165, 1.54) is 24.6 Å². The van der Waals surface area contributed by atoms with Crippen molar-refractivity contribution in [1.82, 2.24) is 10.2 Å². The first-order chi connectivity index (χ1) is 12.1. The van der Waals surface area contributed by atoms with Gasteiger partial charge in [0, 0.05) is 18.7 Å². The fourth-order valence-corrected chi connectivity index (χ4v) is 3.36. The van der Waals surface area contributed by atoms with Crippen LogP contribution in [0.4, 0.5) is 0 Å². The normalized spacial score (nSPS) is 17.2. The molecule has 1 N–H and O–H groups in total. The van der Waals surface area contributed by atoms with E-state index < -0.39 is 0 Å². The van der Waals surface area contributed by atoms with Crippen molar-refractivity contribution in [3.63, 3.8) is 0 Å². The number of hydrogen-bond donors (Lipinski definition) is 1. The number of hydrogen-bond acceptors (Lipinski definition) is 3. The molecule has 0 aliphatic carbocycles. The number of benzene rings is 1. The molecule has 0 radical (unpaired) electrons. The summed E-state index contributed by atoms with van der Waals surface area (Å²) in [5.41, 5.74) is 1.32. The second-order valence-corrected chi connectivity index (χ2v) is 6.77. The third-order valence-electron chi connectivity index (χ3n) is 4.96. The molecule has 2 heterocycles. The molecule has 1 unspecified atom stereocenters. The molecule has 3 rings (SSSR count). The van der Waals surface area contributed by atoms with E-state index in [-0.39, 0.29) is 17.6 Å². The highest BCUT2D eigenvalue weighted by Crippen LogP contribution is 2.26. The van der Waals surface area contributed by atoms with Crippen molar-refractivity contribution < 1.29 is 9.52 Å². The van der Waals surface area contributed by atoms with E-state index in [9.17, 15) is 10.0 Å². The smallest absolute Gasteiger partial charge is 0.317 e. The maximum Gasteiger partial charge on any atom is 0.317 e. The minimum absolute atomic E-state index is 0.126. The SMILES string of the molecule is CC1CCN(C(CNC(=O)c2cccc[n+]2[O-])c2ccccc2)CC1. The van der Waals surface area contributed by atoms with Crippen LogP contribution < -0.4 is 10.0 Å². The van der Waals surface area contributed by atoms with Gasteiger partial charge in [-0.2, -0.15) is 4.73 Å². The molecule has 2 aromatic rings. The van der Waals surface area contributed by atoms with Gasteiger partial charge in [0.25, 0.3) is 5.69 Å². The van der Waals surface area contributed by atoms with Crippen LogP contribution in [-0.2, 0) is 0 Å². The predicted octanol–water partition coefficient (Wildman–Crippen LogP) is 2.52. The number of rotatable bonds is 5. The van der Waals surface area contributed by atoms with Gasteiger partial charge < -0.3 is 10.5 Å². The number of carbonyl (C=O) groups is 1. The van der Waals surface area contributed by atoms with Crippen molar-refractivity contribution in [2.45, 2.75) is 25.8 Å². The van der Waals surface area contributed by atoms with E-state index in [1.54, 1.807) is 18.2 Å². The third-order valence-corrected chi connectivity index (χ3v) is 4.96. The van der Waals surface area contributed by atoms with Crippen LogP contribution in [0.25, 0.3) is 0 Å². The molecule has 1 aliphatic heterocycles. The fourth-order valence-electron chi connectivity index (χ4n) is 3.36. The van der Waals surface area contributed by atoms with Gasteiger partial charge in [0.2, 0.25) is 0 Å². The summed E-state index contributed by atoms with van der Waals surface area (Å²) in [4.78, 5) is 14.8. The Kier molecular flexibility index (Phi) is 5.66. The van der Waals surface area contributed by atoms with Crippen molar-refractivity contribution >= 4 is 5.91 Å². The van der Waals surface area contributed by atoms with E-state index in [0.29, 0.717) is 11.3 Å². The van der Waals surface area contributed by atoms with Crippen LogP contribution in [0.2, 0.25) is 0 Å². The molecular weight excluding hydrogens is 314 g/mol. The molecule has 1 saturated heterocycles. The van der Waals surface area contributed by atoms with Crippen LogP contribution in [0.5, 0.6) is 0 Å². The van der Waals surface area contributed by atoms with E-state index in [2.05, 4.69) is 29.3 Å². The number of aromatic nitrogens is 1. The first-order valence-corrected chi connectivity index (χ1v) is 8.90. The summed E-state index contributed by atoms with van der Waals surface area (Å²) in [7, 11) is 0. The minimum Gasteiger partial charge on any atom is -0.618 e. The van der Waals surface area contributed by atoms with E-state index in [1.807, 2.05) is 18.2 Å². The van der Waals surface area contributed by atoms with Crippen molar-refractivity contribution in [2.75, 3.05) is 19.6 Å². The number of piperidine rings is 1. The highest BCUT2D eigenvalue weighted by molar-refractivity contribution is 5.90. The molecule has 132 valence electrons. The lowest BCUT2D eigenvalue weighted by Gasteiger charge is -2.37. The third kappa shape index (κ3) is 4.37. The van der Waals surface area contributed by atoms with Gasteiger partial charge in [-0.25, -0.2) is 0 Å². The molecule has 0 bridgehead atoms. The minimum atomic E-state index is -0.332. The van der Waals surface area contributed by atoms with Crippen molar-refractivity contribution in [2.24, 2.45) is 5.92 Å². The van der Waals surface area contributed by atoms with Crippen molar-refractivity contribution in [1.29, 1.82) is 0 Å². The van der Waals surface area contributed by atoms with Gasteiger partial charge in [0.15, 0.2) is 6.20 Å². The Morgan fingerprint density at radius 1 is 1.20 bits per heavy atom. The van der Waals surface area contributed by atoms with Crippen LogP contribution in [0, 0.1) is 11.1 Å². The average Bonchev–Trinajstić information content (AvgIpc) is 2.64. The topological polar surface area (TPSA) is 59.3 Å². The molecule has 0 saturated carbocycles. The maximum atomic E-state index is 12.4. The van der Waals surface area contributed by atoms with Crippen molar-refractivity contribution in [3.05, 3.63) is 71.2 Å². The second-order valence-electron chi connectivity index (χ2n) is 6.77. The fraction of sp³-hybridized carbons (Fsp3) is 0.400. The molecule has 0 spiro atoms. The molecular formula is C20H25N3O2. The van der Waals surface area contributed by atoms with Crippen molar-refractivity contribution in [3.8, 4) is 0 Å². The first-order valence-electron chi connectivity index (χ1n) is 8.90. The van der Waals surface area contributed by atoms with Gasteiger partial charge in [-0.05, 0) is 43.5 Å². The Morgan fingerprint density at radius 2 is 1.88 bits per heavy atom. The molecule has 1 fully saturated rings. The van der Waals surface area contributed by atoms with Gasteiger partial charge >= 0.3 is 5.91 Å². The van der Waals surface area contributed by atoms with Gasteiger partial charge in [0.1, 0.15) is 0 Å². The second kappa shape index (κ2) is 8.12. The first kappa shape index (κ1) is 17.4. The Morgan fingerprint density at radius 3 is 2.56 bits per heavy atom. The quantitative estimate of drug-likeness (QED) is 0.673. The standard InChI is InChI=1S/C20H25N3O2/c1-16-10-13-22(14-11-16)19(17-7-3-2-4-8-17)15-21-20(24)18-9-5-6-12-23(18)25/h2-9,12,16,19H,10-11,13-15H2,1H3,(H,21,24). The van der Waals surface area contributed by atoms with Crippen LogP contribution in [0.15, 0.2) is 54.7 Å². The van der Waals surface area contributed by atoms with E-state index >= 15 is 0 Å². The lowest BCUT2D eigenvalue weighted by atomic mass is 9.95. The largest absolute Gasteiger partial charge is 0.618 e. The summed E-state index contributed by atoms with van der Waals surface area (Å²) in [5.74, 6) is 0.424. The monoisotopic (exact) mass is 339 g/mol.